The van der Waals surface area contributed by atoms with Gasteiger partial charge in [0.1, 0.15) is 0 Å². The third-order valence-corrected chi connectivity index (χ3v) is 6.01. The second-order valence-corrected chi connectivity index (χ2v) is 8.90. The molecule has 0 bridgehead atoms. The zero-order chi connectivity index (χ0) is 18.8. The summed E-state index contributed by atoms with van der Waals surface area (Å²) in [6.45, 7) is 12.2. The lowest BCUT2D eigenvalue weighted by Crippen LogP contribution is -2.45. The fourth-order valence-corrected chi connectivity index (χ4v) is 4.47. The number of thioether (sulfide) groups is 1. The number of nitrogens with zero attached hydrogens (tertiary/aromatic N) is 5. The molecule has 2 aromatic rings. The van der Waals surface area contributed by atoms with Gasteiger partial charge in [-0.2, -0.15) is 4.68 Å². The van der Waals surface area contributed by atoms with Gasteiger partial charge in [-0.15, -0.1) is 5.10 Å². The molecule has 0 N–H and O–H groups in total. The van der Waals surface area contributed by atoms with Crippen molar-refractivity contribution in [1.82, 2.24) is 25.1 Å². The first-order valence-corrected chi connectivity index (χ1v) is 10.0. The second kappa shape index (κ2) is 7.78. The number of tetrazole rings is 1. The van der Waals surface area contributed by atoms with E-state index < -0.39 is 0 Å². The van der Waals surface area contributed by atoms with Crippen molar-refractivity contribution in [2.24, 2.45) is 11.8 Å². The third kappa shape index (κ3) is 4.09. The predicted octanol–water partition coefficient (Wildman–Crippen LogP) is 3.26. The summed E-state index contributed by atoms with van der Waals surface area (Å²) in [5.74, 6) is 1.28. The van der Waals surface area contributed by atoms with Crippen LogP contribution in [0.5, 0.6) is 0 Å². The van der Waals surface area contributed by atoms with Crippen LogP contribution in [-0.2, 0) is 4.79 Å². The highest BCUT2D eigenvalue weighted by Gasteiger charge is 2.29. The summed E-state index contributed by atoms with van der Waals surface area (Å²) in [6.07, 6.45) is 1.19. The average molecular weight is 374 g/mol. The molecule has 0 saturated carbocycles. The Morgan fingerprint density at radius 3 is 2.54 bits per heavy atom. The van der Waals surface area contributed by atoms with Gasteiger partial charge in [-0.3, -0.25) is 4.79 Å². The summed E-state index contributed by atoms with van der Waals surface area (Å²) in [5, 5.41) is 12.5. The Hall–Kier alpha value is -1.89. The maximum atomic E-state index is 12.9. The van der Waals surface area contributed by atoms with Crippen LogP contribution in [0.3, 0.4) is 0 Å². The lowest BCUT2D eigenvalue weighted by atomic mass is 9.92. The number of aromatic nitrogens is 4. The normalized spacial score (nSPS) is 21.7. The van der Waals surface area contributed by atoms with E-state index in [1.54, 1.807) is 4.68 Å². The molecule has 1 saturated heterocycles. The van der Waals surface area contributed by atoms with Crippen LogP contribution in [0.1, 0.15) is 38.3 Å². The summed E-state index contributed by atoms with van der Waals surface area (Å²) < 4.78 is 1.71. The maximum absolute atomic E-state index is 12.9. The van der Waals surface area contributed by atoms with Crippen molar-refractivity contribution in [3.63, 3.8) is 0 Å². The molecule has 2 heterocycles. The van der Waals surface area contributed by atoms with Crippen molar-refractivity contribution in [2.75, 3.05) is 13.1 Å². The number of carbonyl (C=O) groups is 1. The van der Waals surface area contributed by atoms with E-state index >= 15 is 0 Å². The first-order chi connectivity index (χ1) is 12.3. The standard InChI is InChI=1S/C19H27N5OS/c1-12-8-13(2)11-23(10-12)18(25)16(5)26-19-20-21-22-24(19)17-7-6-14(3)15(4)9-17/h6-7,9,12-13,16H,8,10-11H2,1-5H3. The Bertz CT molecular complexity index is 780. The monoisotopic (exact) mass is 373 g/mol. The van der Waals surface area contributed by atoms with Gasteiger partial charge in [0.05, 0.1) is 10.9 Å². The molecule has 3 atom stereocenters. The topological polar surface area (TPSA) is 63.9 Å². The van der Waals surface area contributed by atoms with Crippen LogP contribution in [0.15, 0.2) is 23.4 Å². The van der Waals surface area contributed by atoms with E-state index in [4.69, 9.17) is 0 Å². The van der Waals surface area contributed by atoms with E-state index in [2.05, 4.69) is 55.4 Å². The quantitative estimate of drug-likeness (QED) is 0.770. The molecule has 3 rings (SSSR count). The first-order valence-electron chi connectivity index (χ1n) is 9.16. The highest BCUT2D eigenvalue weighted by atomic mass is 32.2. The zero-order valence-electron chi connectivity index (χ0n) is 16.1. The minimum Gasteiger partial charge on any atom is -0.341 e. The van der Waals surface area contributed by atoms with E-state index in [0.29, 0.717) is 17.0 Å². The van der Waals surface area contributed by atoms with Crippen LogP contribution in [0.25, 0.3) is 5.69 Å². The Kier molecular flexibility index (Phi) is 5.65. The van der Waals surface area contributed by atoms with E-state index in [9.17, 15) is 4.79 Å². The van der Waals surface area contributed by atoms with Gasteiger partial charge in [-0.1, -0.05) is 31.7 Å². The van der Waals surface area contributed by atoms with Crippen LogP contribution in [-0.4, -0.2) is 49.4 Å². The molecule has 26 heavy (non-hydrogen) atoms. The van der Waals surface area contributed by atoms with Crippen LogP contribution in [0.4, 0.5) is 0 Å². The molecule has 1 aromatic carbocycles. The van der Waals surface area contributed by atoms with Crippen molar-refractivity contribution in [3.8, 4) is 5.69 Å². The smallest absolute Gasteiger partial charge is 0.235 e. The van der Waals surface area contributed by atoms with Gasteiger partial charge in [0.25, 0.3) is 0 Å². The molecule has 0 aliphatic carbocycles. The van der Waals surface area contributed by atoms with Crippen LogP contribution in [0, 0.1) is 25.7 Å². The molecule has 1 aliphatic heterocycles. The van der Waals surface area contributed by atoms with E-state index in [-0.39, 0.29) is 11.2 Å². The number of hydrogen-bond donors (Lipinski definition) is 0. The number of hydrogen-bond acceptors (Lipinski definition) is 5. The minimum atomic E-state index is -0.219. The summed E-state index contributed by atoms with van der Waals surface area (Å²) in [6, 6.07) is 6.13. The maximum Gasteiger partial charge on any atom is 0.235 e. The van der Waals surface area contributed by atoms with E-state index in [1.807, 2.05) is 17.9 Å². The molecule has 140 valence electrons. The molecule has 0 radical (unpaired) electrons. The highest BCUT2D eigenvalue weighted by molar-refractivity contribution is 8.00. The van der Waals surface area contributed by atoms with Gasteiger partial charge in [0, 0.05) is 13.1 Å². The Morgan fingerprint density at radius 2 is 1.88 bits per heavy atom. The summed E-state index contributed by atoms with van der Waals surface area (Å²) in [5.41, 5.74) is 3.34. The number of aryl methyl sites for hydroxylation is 2. The highest BCUT2D eigenvalue weighted by Crippen LogP contribution is 2.27. The van der Waals surface area contributed by atoms with Crippen LogP contribution in [0.2, 0.25) is 0 Å². The van der Waals surface area contributed by atoms with Crippen molar-refractivity contribution in [3.05, 3.63) is 29.3 Å². The molecule has 0 spiro atoms. The Morgan fingerprint density at radius 1 is 1.19 bits per heavy atom. The van der Waals surface area contributed by atoms with Gasteiger partial charge in [-0.25, -0.2) is 0 Å². The fourth-order valence-electron chi connectivity index (χ4n) is 3.58. The van der Waals surface area contributed by atoms with Crippen molar-refractivity contribution >= 4 is 17.7 Å². The van der Waals surface area contributed by atoms with Gasteiger partial charge in [0.2, 0.25) is 11.1 Å². The molecule has 1 aromatic heterocycles. The number of piperidine rings is 1. The Labute approximate surface area is 159 Å². The zero-order valence-corrected chi connectivity index (χ0v) is 17.0. The molecule has 3 unspecified atom stereocenters. The lowest BCUT2D eigenvalue weighted by molar-refractivity contribution is -0.132. The summed E-state index contributed by atoms with van der Waals surface area (Å²) in [7, 11) is 0. The van der Waals surface area contributed by atoms with Crippen molar-refractivity contribution in [1.29, 1.82) is 0 Å². The summed E-state index contributed by atoms with van der Waals surface area (Å²) >= 11 is 1.42. The molecular formula is C19H27N5OS. The molecule has 1 fully saturated rings. The van der Waals surface area contributed by atoms with Gasteiger partial charge in [-0.05, 0) is 72.7 Å². The number of likely N-dealkylation sites (tertiary alicyclic amines) is 1. The lowest BCUT2D eigenvalue weighted by Gasteiger charge is -2.36. The second-order valence-electron chi connectivity index (χ2n) is 7.59. The number of rotatable bonds is 4. The molecule has 1 amide bonds. The molecule has 7 heteroatoms. The average Bonchev–Trinajstić information content (AvgIpc) is 3.03. The molecule has 6 nitrogen and oxygen atoms in total. The molecule has 1 aliphatic rings. The molecular weight excluding hydrogens is 346 g/mol. The van der Waals surface area contributed by atoms with E-state index in [0.717, 1.165) is 18.8 Å². The van der Waals surface area contributed by atoms with Crippen LogP contribution >= 0.6 is 11.8 Å². The minimum absolute atomic E-state index is 0.169. The van der Waals surface area contributed by atoms with Gasteiger partial charge >= 0.3 is 0 Å². The predicted molar refractivity (Wildman–Crippen MR) is 103 cm³/mol. The third-order valence-electron chi connectivity index (χ3n) is 4.99. The largest absolute Gasteiger partial charge is 0.341 e. The van der Waals surface area contributed by atoms with Crippen molar-refractivity contribution in [2.45, 2.75) is 51.4 Å². The van der Waals surface area contributed by atoms with Gasteiger partial charge in [0.15, 0.2) is 0 Å². The Balaban J connectivity index is 1.74. The number of benzene rings is 1. The SMILES string of the molecule is Cc1ccc(-n2nnnc2SC(C)C(=O)N2CC(C)CC(C)C2)cc1C. The summed E-state index contributed by atoms with van der Waals surface area (Å²) in [4.78, 5) is 14.9. The fraction of sp³-hybridized carbons (Fsp3) is 0.579. The number of carbonyl (C=O) groups excluding carboxylic acids is 1. The first kappa shape index (κ1) is 18.9. The van der Waals surface area contributed by atoms with E-state index in [1.165, 1.54) is 29.3 Å². The van der Waals surface area contributed by atoms with Gasteiger partial charge < -0.3 is 4.90 Å². The van der Waals surface area contributed by atoms with Crippen molar-refractivity contribution < 1.29 is 4.79 Å². The number of amides is 1. The van der Waals surface area contributed by atoms with Crippen LogP contribution < -0.4 is 0 Å².